The fourth-order valence-electron chi connectivity index (χ4n) is 5.00. The first-order valence-electron chi connectivity index (χ1n) is 13.3. The largest absolute Gasteiger partial charge is 0.461 e. The van der Waals surface area contributed by atoms with E-state index in [0.717, 1.165) is 47.4 Å². The van der Waals surface area contributed by atoms with Crippen molar-refractivity contribution in [2.45, 2.75) is 65.2 Å². The second-order valence-corrected chi connectivity index (χ2v) is 12.6. The molecule has 39 heavy (non-hydrogen) atoms. The normalized spacial score (nSPS) is 22.4. The molecule has 208 valence electrons. The zero-order valence-electron chi connectivity index (χ0n) is 22.8. The van der Waals surface area contributed by atoms with Gasteiger partial charge in [0.1, 0.15) is 17.4 Å². The molecule has 0 spiro atoms. The van der Waals surface area contributed by atoms with Crippen molar-refractivity contribution in [3.63, 3.8) is 0 Å². The lowest BCUT2D eigenvalue weighted by molar-refractivity contribution is -0.143. The maximum Gasteiger partial charge on any atom is 0.311 e. The molecule has 6 nitrogen and oxygen atoms in total. The number of hydrogen-bond donors (Lipinski definition) is 0. The molecule has 1 saturated carbocycles. The van der Waals surface area contributed by atoms with Gasteiger partial charge in [0, 0.05) is 18.4 Å². The van der Waals surface area contributed by atoms with Gasteiger partial charge in [-0.25, -0.2) is 9.79 Å². The number of benzene rings is 1. The SMILES string of the molecule is C=C[C@]1(C)CC[C@@H](C(=C)COC(=O)CCCCCC(=O)Oc2ccc(C3=NC(=C=O)SS3)cc2)C[C@H]1C(=C)C. The van der Waals surface area contributed by atoms with E-state index in [9.17, 15) is 14.4 Å². The van der Waals surface area contributed by atoms with E-state index in [-0.39, 0.29) is 30.4 Å². The molecule has 1 aliphatic carbocycles. The highest BCUT2D eigenvalue weighted by molar-refractivity contribution is 8.84. The minimum absolute atomic E-state index is 0.0564. The molecule has 0 saturated heterocycles. The summed E-state index contributed by atoms with van der Waals surface area (Å²) >= 11 is 0. The molecular formula is C31H37NO5S2. The predicted octanol–water partition coefficient (Wildman–Crippen LogP) is 7.64. The molecular weight excluding hydrogens is 530 g/mol. The summed E-state index contributed by atoms with van der Waals surface area (Å²) in [5.74, 6) is 2.36. The van der Waals surface area contributed by atoms with Crippen molar-refractivity contribution in [2.75, 3.05) is 6.61 Å². The highest BCUT2D eigenvalue weighted by atomic mass is 33.1. The molecule has 1 aromatic carbocycles. The Hall–Kier alpha value is -2.80. The fourth-order valence-corrected chi connectivity index (χ4v) is 6.82. The summed E-state index contributed by atoms with van der Waals surface area (Å²) in [6.07, 6.45) is 7.66. The molecule has 3 atom stereocenters. The van der Waals surface area contributed by atoms with Crippen molar-refractivity contribution in [1.29, 1.82) is 0 Å². The van der Waals surface area contributed by atoms with Gasteiger partial charge in [-0.2, -0.15) is 0 Å². The van der Waals surface area contributed by atoms with Crippen LogP contribution in [-0.2, 0) is 19.1 Å². The second-order valence-electron chi connectivity index (χ2n) is 10.4. The quantitative estimate of drug-likeness (QED) is 0.0605. The molecule has 0 radical (unpaired) electrons. The van der Waals surface area contributed by atoms with Crippen molar-refractivity contribution >= 4 is 44.5 Å². The number of esters is 2. The summed E-state index contributed by atoms with van der Waals surface area (Å²) < 4.78 is 10.9. The Morgan fingerprint density at radius 1 is 1.13 bits per heavy atom. The number of ether oxygens (including phenoxy) is 2. The minimum Gasteiger partial charge on any atom is -0.461 e. The van der Waals surface area contributed by atoms with Crippen molar-refractivity contribution in [1.82, 2.24) is 0 Å². The Morgan fingerprint density at radius 3 is 2.44 bits per heavy atom. The minimum atomic E-state index is -0.316. The van der Waals surface area contributed by atoms with Crippen LogP contribution in [0.1, 0.15) is 70.8 Å². The van der Waals surface area contributed by atoms with Crippen LogP contribution in [0.25, 0.3) is 0 Å². The Bertz CT molecular complexity index is 1180. The van der Waals surface area contributed by atoms with Crippen LogP contribution in [0.3, 0.4) is 0 Å². The number of unbranched alkanes of at least 4 members (excludes halogenated alkanes) is 2. The molecule has 1 aliphatic heterocycles. The van der Waals surface area contributed by atoms with Crippen LogP contribution in [-0.4, -0.2) is 29.5 Å². The number of carbonyl (C=O) groups is 2. The summed E-state index contributed by atoms with van der Waals surface area (Å²) in [6.45, 7) is 17.0. The van der Waals surface area contributed by atoms with E-state index in [4.69, 9.17) is 9.47 Å². The molecule has 0 N–H and O–H groups in total. The Labute approximate surface area is 239 Å². The number of rotatable bonds is 13. The number of carbonyl (C=O) groups excluding carboxylic acids is 3. The molecule has 8 heteroatoms. The molecule has 0 unspecified atom stereocenters. The van der Waals surface area contributed by atoms with Crippen molar-refractivity contribution in [2.24, 2.45) is 22.2 Å². The average Bonchev–Trinajstić information content (AvgIpc) is 3.41. The monoisotopic (exact) mass is 567 g/mol. The van der Waals surface area contributed by atoms with Gasteiger partial charge in [0.25, 0.3) is 0 Å². The molecule has 1 heterocycles. The van der Waals surface area contributed by atoms with Gasteiger partial charge in [0.05, 0.1) is 0 Å². The molecule has 0 aromatic heterocycles. The maximum absolute atomic E-state index is 12.2. The van der Waals surface area contributed by atoms with Crippen LogP contribution in [0, 0.1) is 17.3 Å². The van der Waals surface area contributed by atoms with Gasteiger partial charge in [0.2, 0.25) is 0 Å². The van der Waals surface area contributed by atoms with Gasteiger partial charge in [-0.3, -0.25) is 9.59 Å². The fraction of sp³-hybridized carbons (Fsp3) is 0.452. The predicted molar refractivity (Wildman–Crippen MR) is 160 cm³/mol. The topological polar surface area (TPSA) is 82.0 Å². The lowest BCUT2D eigenvalue weighted by Gasteiger charge is -2.43. The summed E-state index contributed by atoms with van der Waals surface area (Å²) in [6, 6.07) is 7.01. The standard InChI is InChI=1S/C31H37NO5S2/c1-6-31(5)17-16-24(18-26(31)21(2)3)22(4)20-36-28(34)10-8-7-9-11-29(35)37-25-14-12-23(13-15-25)30-32-27(19-33)38-39-30/h6,12-15,24,26H,1-2,4,7-11,16-18,20H2,3,5H3/t24-,26+,31-/m1/s1. The highest BCUT2D eigenvalue weighted by Gasteiger charge is 2.38. The van der Waals surface area contributed by atoms with Gasteiger partial charge >= 0.3 is 11.9 Å². The molecule has 1 fully saturated rings. The van der Waals surface area contributed by atoms with Gasteiger partial charge in [-0.05, 0) is 108 Å². The first-order chi connectivity index (χ1) is 18.6. The third kappa shape index (κ3) is 8.85. The summed E-state index contributed by atoms with van der Waals surface area (Å²) in [5.41, 5.74) is 3.03. The highest BCUT2D eigenvalue weighted by Crippen LogP contribution is 2.48. The molecule has 1 aromatic rings. The molecule has 0 amide bonds. The van der Waals surface area contributed by atoms with Crippen molar-refractivity contribution in [3.8, 4) is 5.75 Å². The van der Waals surface area contributed by atoms with Crippen LogP contribution >= 0.6 is 21.6 Å². The average molecular weight is 568 g/mol. The second kappa shape index (κ2) is 14.5. The third-order valence-corrected chi connectivity index (χ3v) is 9.59. The van der Waals surface area contributed by atoms with E-state index < -0.39 is 0 Å². The molecule has 2 aliphatic rings. The number of hydrogen-bond acceptors (Lipinski definition) is 8. The van der Waals surface area contributed by atoms with E-state index in [1.807, 2.05) is 0 Å². The number of nitrogens with zero attached hydrogens (tertiary/aromatic N) is 1. The van der Waals surface area contributed by atoms with E-state index in [1.165, 1.54) is 21.6 Å². The zero-order valence-corrected chi connectivity index (χ0v) is 24.5. The van der Waals surface area contributed by atoms with Crippen molar-refractivity contribution < 1.29 is 23.9 Å². The summed E-state index contributed by atoms with van der Waals surface area (Å²) in [5, 5.41) is 1.04. The van der Waals surface area contributed by atoms with Crippen LogP contribution in [0.15, 0.2) is 71.2 Å². The number of allylic oxidation sites excluding steroid dienone is 2. The van der Waals surface area contributed by atoms with Gasteiger partial charge in [0.15, 0.2) is 11.0 Å². The first-order valence-corrected chi connectivity index (χ1v) is 15.4. The smallest absolute Gasteiger partial charge is 0.311 e. The molecule has 0 bridgehead atoms. The van der Waals surface area contributed by atoms with E-state index in [1.54, 1.807) is 30.2 Å². The zero-order chi connectivity index (χ0) is 28.4. The first kappa shape index (κ1) is 30.7. The van der Waals surface area contributed by atoms with Crippen LogP contribution in [0.5, 0.6) is 5.75 Å². The van der Waals surface area contributed by atoms with Gasteiger partial charge < -0.3 is 9.47 Å². The van der Waals surface area contributed by atoms with Crippen molar-refractivity contribution in [3.05, 3.63) is 71.8 Å². The Kier molecular flexibility index (Phi) is 11.5. The lowest BCUT2D eigenvalue weighted by atomic mass is 9.61. The van der Waals surface area contributed by atoms with Crippen LogP contribution < -0.4 is 4.74 Å². The van der Waals surface area contributed by atoms with E-state index in [0.29, 0.717) is 41.9 Å². The Balaban J connectivity index is 1.29. The van der Waals surface area contributed by atoms with E-state index in [2.05, 4.69) is 44.7 Å². The summed E-state index contributed by atoms with van der Waals surface area (Å²) in [4.78, 5) is 39.3. The van der Waals surface area contributed by atoms with Crippen LogP contribution in [0.4, 0.5) is 0 Å². The lowest BCUT2D eigenvalue weighted by Crippen LogP contribution is -2.34. The number of aliphatic imine (C=N–C) groups is 1. The van der Waals surface area contributed by atoms with Gasteiger partial charge in [-0.15, -0.1) is 6.58 Å². The van der Waals surface area contributed by atoms with E-state index >= 15 is 0 Å². The summed E-state index contributed by atoms with van der Waals surface area (Å²) in [7, 11) is 2.66. The van der Waals surface area contributed by atoms with Crippen LogP contribution in [0.2, 0.25) is 0 Å². The third-order valence-electron chi connectivity index (χ3n) is 7.49. The van der Waals surface area contributed by atoms with Gasteiger partial charge in [-0.1, -0.05) is 38.2 Å². The molecule has 3 rings (SSSR count). The maximum atomic E-state index is 12.2. The Morgan fingerprint density at radius 2 is 1.82 bits per heavy atom.